The Kier molecular flexibility index (Phi) is 5.19. The lowest BCUT2D eigenvalue weighted by Gasteiger charge is -2.57. The molecule has 2 aliphatic rings. The molecule has 2 aromatic carbocycles. The topological polar surface area (TPSA) is 102 Å². The minimum atomic E-state index is -0.440. The molecule has 3 N–H and O–H groups in total. The molecule has 0 aromatic heterocycles. The average Bonchev–Trinajstić information content (AvgIpc) is 2.76. The predicted molar refractivity (Wildman–Crippen MR) is 119 cm³/mol. The molecule has 1 aliphatic heterocycles. The Morgan fingerprint density at radius 3 is 2.61 bits per heavy atom. The van der Waals surface area contributed by atoms with Gasteiger partial charge >= 0.3 is 6.03 Å². The summed E-state index contributed by atoms with van der Waals surface area (Å²) in [7, 11) is 3.93. The minimum Gasteiger partial charge on any atom is -0.366 e. The molecule has 4 rings (SSSR count). The maximum atomic E-state index is 13.2. The van der Waals surface area contributed by atoms with E-state index >= 15 is 0 Å². The number of primary amides is 1. The number of hydrogen-bond donors (Lipinski definition) is 2. The molecule has 31 heavy (non-hydrogen) atoms. The SMILES string of the molecule is CN1CC[C@]2(C)c3cc(C(N)=O)ccc3C[C@@H]1[C@@H]2N(C)C(=O)Nc1ccc(C#N)cc1. The number of urea groups is 1. The number of fused-ring (bicyclic) bond motifs is 4. The normalized spacial score (nSPS) is 24.6. The molecule has 1 saturated heterocycles. The Morgan fingerprint density at radius 2 is 1.97 bits per heavy atom. The van der Waals surface area contributed by atoms with E-state index in [1.165, 1.54) is 5.56 Å². The molecule has 2 aromatic rings. The first-order valence-electron chi connectivity index (χ1n) is 10.4. The van der Waals surface area contributed by atoms with Crippen molar-refractivity contribution in [3.63, 3.8) is 0 Å². The second-order valence-corrected chi connectivity index (χ2v) is 8.83. The van der Waals surface area contributed by atoms with Gasteiger partial charge < -0.3 is 20.9 Å². The van der Waals surface area contributed by atoms with Gasteiger partial charge in [0.1, 0.15) is 0 Å². The van der Waals surface area contributed by atoms with Crippen molar-refractivity contribution in [2.45, 2.75) is 37.3 Å². The molecule has 0 radical (unpaired) electrons. The van der Waals surface area contributed by atoms with Gasteiger partial charge in [0, 0.05) is 29.8 Å². The zero-order chi connectivity index (χ0) is 22.3. The molecule has 0 unspecified atom stereocenters. The highest BCUT2D eigenvalue weighted by Crippen LogP contribution is 2.46. The molecule has 3 amide bonds. The quantitative estimate of drug-likeness (QED) is 0.801. The number of nitriles is 1. The number of anilines is 1. The maximum absolute atomic E-state index is 13.2. The van der Waals surface area contributed by atoms with Crippen LogP contribution in [0.15, 0.2) is 42.5 Å². The zero-order valence-electron chi connectivity index (χ0n) is 18.1. The van der Waals surface area contributed by atoms with Gasteiger partial charge in [0.25, 0.3) is 0 Å². The third kappa shape index (κ3) is 3.53. The van der Waals surface area contributed by atoms with Crippen LogP contribution in [0.25, 0.3) is 0 Å². The van der Waals surface area contributed by atoms with E-state index in [2.05, 4.69) is 30.3 Å². The van der Waals surface area contributed by atoms with Crippen LogP contribution in [0, 0.1) is 11.3 Å². The Bertz CT molecular complexity index is 1070. The van der Waals surface area contributed by atoms with Gasteiger partial charge in [0.2, 0.25) is 5.91 Å². The first kappa shape index (κ1) is 20.9. The Labute approximate surface area is 182 Å². The molecule has 1 aliphatic carbocycles. The molecule has 1 fully saturated rings. The highest BCUT2D eigenvalue weighted by atomic mass is 16.2. The minimum absolute atomic E-state index is 0.0692. The van der Waals surface area contributed by atoms with Crippen LogP contribution in [0.3, 0.4) is 0 Å². The molecule has 1 heterocycles. The predicted octanol–water partition coefficient (Wildman–Crippen LogP) is 2.71. The molecule has 3 atom stereocenters. The standard InChI is InChI=1S/C24H27N5O2/c1-24-10-11-28(2)20(13-16-6-7-17(22(26)30)12-19(16)24)21(24)29(3)23(31)27-18-8-4-15(14-25)5-9-18/h4-9,12,20-21H,10-11,13H2,1-3H3,(H2,26,30)(H,27,31)/t20-,21+,24-/m1/s1. The number of nitrogens with one attached hydrogen (secondary N) is 1. The number of hydrogen-bond acceptors (Lipinski definition) is 4. The third-order valence-electron chi connectivity index (χ3n) is 7.01. The van der Waals surface area contributed by atoms with Crippen LogP contribution in [0.1, 0.15) is 40.4 Å². The number of carbonyl (C=O) groups is 2. The zero-order valence-corrected chi connectivity index (χ0v) is 18.1. The maximum Gasteiger partial charge on any atom is 0.321 e. The van der Waals surface area contributed by atoms with Crippen molar-refractivity contribution >= 4 is 17.6 Å². The number of amides is 3. The fourth-order valence-electron chi connectivity index (χ4n) is 5.27. The van der Waals surface area contributed by atoms with Crippen molar-refractivity contribution in [1.29, 1.82) is 5.26 Å². The smallest absolute Gasteiger partial charge is 0.321 e. The molecule has 7 nitrogen and oxygen atoms in total. The van der Waals surface area contributed by atoms with E-state index in [1.54, 1.807) is 35.2 Å². The number of nitrogens with two attached hydrogens (primary N) is 1. The van der Waals surface area contributed by atoms with Crippen molar-refractivity contribution in [3.8, 4) is 6.07 Å². The van der Waals surface area contributed by atoms with Crippen molar-refractivity contribution in [2.75, 3.05) is 26.0 Å². The summed E-state index contributed by atoms with van der Waals surface area (Å²) in [4.78, 5) is 29.1. The summed E-state index contributed by atoms with van der Waals surface area (Å²) in [6, 6.07) is 14.5. The van der Waals surface area contributed by atoms with Gasteiger partial charge in [0.15, 0.2) is 0 Å². The van der Waals surface area contributed by atoms with Crippen molar-refractivity contribution < 1.29 is 9.59 Å². The monoisotopic (exact) mass is 417 g/mol. The molecule has 2 bridgehead atoms. The average molecular weight is 418 g/mol. The highest BCUT2D eigenvalue weighted by molar-refractivity contribution is 5.93. The molecular weight excluding hydrogens is 390 g/mol. The summed E-state index contributed by atoms with van der Waals surface area (Å²) in [6.45, 7) is 3.11. The van der Waals surface area contributed by atoms with E-state index < -0.39 is 5.91 Å². The van der Waals surface area contributed by atoms with E-state index in [9.17, 15) is 9.59 Å². The van der Waals surface area contributed by atoms with Gasteiger partial charge in [-0.05, 0) is 74.0 Å². The first-order valence-corrected chi connectivity index (χ1v) is 10.4. The Balaban J connectivity index is 1.67. The number of rotatable bonds is 3. The van der Waals surface area contributed by atoms with Crippen LogP contribution in [-0.4, -0.2) is 54.5 Å². The largest absolute Gasteiger partial charge is 0.366 e. The first-order chi connectivity index (χ1) is 14.7. The second kappa shape index (κ2) is 7.71. The summed E-state index contributed by atoms with van der Waals surface area (Å²) in [5, 5.41) is 11.9. The van der Waals surface area contributed by atoms with Gasteiger partial charge in [-0.15, -0.1) is 0 Å². The summed E-state index contributed by atoms with van der Waals surface area (Å²) in [5.41, 5.74) is 9.26. The fourth-order valence-corrected chi connectivity index (χ4v) is 5.27. The second-order valence-electron chi connectivity index (χ2n) is 8.83. The molecule has 7 heteroatoms. The Hall–Kier alpha value is -3.37. The lowest BCUT2D eigenvalue weighted by Crippen LogP contribution is -2.67. The number of carbonyl (C=O) groups excluding carboxylic acids is 2. The van der Waals surface area contributed by atoms with Gasteiger partial charge in [0.05, 0.1) is 17.7 Å². The summed E-state index contributed by atoms with van der Waals surface area (Å²) in [6.07, 6.45) is 1.67. The van der Waals surface area contributed by atoms with E-state index in [0.29, 0.717) is 16.8 Å². The van der Waals surface area contributed by atoms with E-state index in [-0.39, 0.29) is 23.5 Å². The number of likely N-dealkylation sites (tertiary alicyclic amines) is 1. The van der Waals surface area contributed by atoms with Crippen molar-refractivity contribution in [1.82, 2.24) is 9.80 Å². The van der Waals surface area contributed by atoms with Crippen LogP contribution < -0.4 is 11.1 Å². The molecule has 0 spiro atoms. The van der Waals surface area contributed by atoms with Gasteiger partial charge in [-0.1, -0.05) is 13.0 Å². The third-order valence-corrected chi connectivity index (χ3v) is 7.01. The Morgan fingerprint density at radius 1 is 1.26 bits per heavy atom. The van der Waals surface area contributed by atoms with Gasteiger partial charge in [-0.3, -0.25) is 4.79 Å². The number of likely N-dealkylation sites (N-methyl/N-ethyl adjacent to an activating group) is 2. The van der Waals surface area contributed by atoms with Crippen LogP contribution in [0.2, 0.25) is 0 Å². The van der Waals surface area contributed by atoms with E-state index in [4.69, 9.17) is 11.0 Å². The van der Waals surface area contributed by atoms with Gasteiger partial charge in [-0.25, -0.2) is 4.79 Å². The summed E-state index contributed by atoms with van der Waals surface area (Å²) < 4.78 is 0. The van der Waals surface area contributed by atoms with Crippen LogP contribution in [0.5, 0.6) is 0 Å². The summed E-state index contributed by atoms with van der Waals surface area (Å²) >= 11 is 0. The molecule has 160 valence electrons. The van der Waals surface area contributed by atoms with E-state index in [1.807, 2.05) is 19.2 Å². The van der Waals surface area contributed by atoms with Crippen LogP contribution in [-0.2, 0) is 11.8 Å². The summed E-state index contributed by atoms with van der Waals surface area (Å²) in [5.74, 6) is -0.440. The van der Waals surface area contributed by atoms with Crippen LogP contribution >= 0.6 is 0 Å². The molecule has 0 saturated carbocycles. The van der Waals surface area contributed by atoms with Crippen LogP contribution in [0.4, 0.5) is 10.5 Å². The number of piperidine rings is 1. The van der Waals surface area contributed by atoms with Crippen molar-refractivity contribution in [2.24, 2.45) is 5.73 Å². The highest BCUT2D eigenvalue weighted by Gasteiger charge is 2.52. The lowest BCUT2D eigenvalue weighted by atomic mass is 9.61. The van der Waals surface area contributed by atoms with Gasteiger partial charge in [-0.2, -0.15) is 5.26 Å². The fraction of sp³-hybridized carbons (Fsp3) is 0.375. The number of nitrogens with zero attached hydrogens (tertiary/aromatic N) is 3. The van der Waals surface area contributed by atoms with Crippen molar-refractivity contribution in [3.05, 3.63) is 64.7 Å². The lowest BCUT2D eigenvalue weighted by molar-refractivity contribution is 0.0214. The molecular formula is C24H27N5O2. The van der Waals surface area contributed by atoms with E-state index in [0.717, 1.165) is 24.9 Å². The number of benzene rings is 2.